The van der Waals surface area contributed by atoms with E-state index >= 15 is 0 Å². The SMILES string of the molecule is COc1cccc(N(Cc2ccc(C(F)(F)F)cc2)c2nc3cnccc3s2)c1.Cl. The second-order valence-electron chi connectivity index (χ2n) is 6.32. The number of halogens is 4. The number of hydrogen-bond acceptors (Lipinski definition) is 5. The molecule has 0 amide bonds. The molecule has 0 N–H and O–H groups in total. The molecule has 0 spiro atoms. The highest BCUT2D eigenvalue weighted by molar-refractivity contribution is 7.22. The zero-order chi connectivity index (χ0) is 20.4. The standard InChI is InChI=1S/C21H16F3N3OS.ClH/c1-28-17-4-2-3-16(11-17)27(20-26-18-12-25-10-9-19(18)29-20)13-14-5-7-15(8-6-14)21(22,23)24;/h2-12H,13H2,1H3;1H. The van der Waals surface area contributed by atoms with Crippen molar-refractivity contribution in [1.82, 2.24) is 9.97 Å². The topological polar surface area (TPSA) is 38.2 Å². The highest BCUT2D eigenvalue weighted by atomic mass is 35.5. The van der Waals surface area contributed by atoms with E-state index in [9.17, 15) is 13.2 Å². The van der Waals surface area contributed by atoms with E-state index in [1.807, 2.05) is 35.2 Å². The second kappa shape index (κ2) is 8.89. The maximum atomic E-state index is 12.9. The number of aromatic nitrogens is 2. The van der Waals surface area contributed by atoms with E-state index in [-0.39, 0.29) is 12.4 Å². The fraction of sp³-hybridized carbons (Fsp3) is 0.143. The minimum Gasteiger partial charge on any atom is -0.497 e. The third-order valence-electron chi connectivity index (χ3n) is 4.40. The Morgan fingerprint density at radius 3 is 2.50 bits per heavy atom. The Kier molecular flexibility index (Phi) is 6.48. The van der Waals surface area contributed by atoms with Crippen molar-refractivity contribution in [2.45, 2.75) is 12.7 Å². The van der Waals surface area contributed by atoms with Crippen LogP contribution in [-0.4, -0.2) is 17.1 Å². The number of benzene rings is 2. The predicted molar refractivity (Wildman–Crippen MR) is 115 cm³/mol. The lowest BCUT2D eigenvalue weighted by atomic mass is 10.1. The van der Waals surface area contributed by atoms with Gasteiger partial charge in [-0.1, -0.05) is 29.5 Å². The molecule has 4 aromatic rings. The lowest BCUT2D eigenvalue weighted by molar-refractivity contribution is -0.137. The summed E-state index contributed by atoms with van der Waals surface area (Å²) in [6, 6.07) is 14.5. The van der Waals surface area contributed by atoms with Gasteiger partial charge < -0.3 is 9.64 Å². The van der Waals surface area contributed by atoms with Gasteiger partial charge in [0.25, 0.3) is 0 Å². The van der Waals surface area contributed by atoms with E-state index in [1.54, 1.807) is 19.5 Å². The van der Waals surface area contributed by atoms with Gasteiger partial charge in [0.15, 0.2) is 5.13 Å². The van der Waals surface area contributed by atoms with Crippen LogP contribution in [-0.2, 0) is 12.7 Å². The van der Waals surface area contributed by atoms with Gasteiger partial charge in [0.1, 0.15) is 11.3 Å². The molecular weight excluding hydrogens is 435 g/mol. The van der Waals surface area contributed by atoms with E-state index in [1.165, 1.54) is 23.5 Å². The Hall–Kier alpha value is -2.84. The number of hydrogen-bond donors (Lipinski definition) is 0. The molecule has 0 fully saturated rings. The molecule has 2 aromatic heterocycles. The monoisotopic (exact) mass is 451 g/mol. The third-order valence-corrected chi connectivity index (χ3v) is 5.46. The van der Waals surface area contributed by atoms with Gasteiger partial charge in [-0.25, -0.2) is 4.98 Å². The van der Waals surface area contributed by atoms with Gasteiger partial charge in [0, 0.05) is 18.0 Å². The molecule has 0 atom stereocenters. The highest BCUT2D eigenvalue weighted by Gasteiger charge is 2.30. The van der Waals surface area contributed by atoms with Gasteiger partial charge in [-0.2, -0.15) is 13.2 Å². The predicted octanol–water partition coefficient (Wildman–Crippen LogP) is 6.48. The quantitative estimate of drug-likeness (QED) is 0.348. The molecule has 0 saturated carbocycles. The summed E-state index contributed by atoms with van der Waals surface area (Å²) in [7, 11) is 1.59. The molecule has 30 heavy (non-hydrogen) atoms. The summed E-state index contributed by atoms with van der Waals surface area (Å²) in [6.07, 6.45) is -0.960. The first-order valence-corrected chi connectivity index (χ1v) is 9.54. The Morgan fingerprint density at radius 2 is 1.83 bits per heavy atom. The van der Waals surface area contributed by atoms with Crippen LogP contribution >= 0.6 is 23.7 Å². The number of fused-ring (bicyclic) bond motifs is 1. The second-order valence-corrected chi connectivity index (χ2v) is 7.33. The van der Waals surface area contributed by atoms with E-state index in [2.05, 4.69) is 9.97 Å². The number of methoxy groups -OCH3 is 1. The van der Waals surface area contributed by atoms with Crippen molar-refractivity contribution in [3.05, 3.63) is 78.1 Å². The van der Waals surface area contributed by atoms with Crippen molar-refractivity contribution in [2.75, 3.05) is 12.0 Å². The highest BCUT2D eigenvalue weighted by Crippen LogP contribution is 2.36. The molecule has 4 rings (SSSR count). The van der Waals surface area contributed by atoms with Gasteiger partial charge >= 0.3 is 6.18 Å². The summed E-state index contributed by atoms with van der Waals surface area (Å²) >= 11 is 1.49. The third kappa shape index (κ3) is 4.66. The zero-order valence-electron chi connectivity index (χ0n) is 15.8. The fourth-order valence-electron chi connectivity index (χ4n) is 2.91. The number of pyridine rings is 1. The Labute approximate surface area is 181 Å². The summed E-state index contributed by atoms with van der Waals surface area (Å²) < 4.78 is 44.9. The minimum atomic E-state index is -4.36. The molecule has 0 saturated heterocycles. The van der Waals surface area contributed by atoms with Crippen LogP contribution in [0.5, 0.6) is 5.75 Å². The summed E-state index contributed by atoms with van der Waals surface area (Å²) in [4.78, 5) is 10.7. The molecule has 0 bridgehead atoms. The van der Waals surface area contributed by atoms with Crippen LogP contribution in [0.1, 0.15) is 11.1 Å². The van der Waals surface area contributed by atoms with E-state index in [0.717, 1.165) is 38.7 Å². The maximum absolute atomic E-state index is 12.9. The van der Waals surface area contributed by atoms with E-state index in [4.69, 9.17) is 4.74 Å². The van der Waals surface area contributed by atoms with E-state index in [0.29, 0.717) is 12.3 Å². The maximum Gasteiger partial charge on any atom is 0.416 e. The van der Waals surface area contributed by atoms with Crippen molar-refractivity contribution in [1.29, 1.82) is 0 Å². The van der Waals surface area contributed by atoms with Crippen molar-refractivity contribution < 1.29 is 17.9 Å². The largest absolute Gasteiger partial charge is 0.497 e. The number of ether oxygens (including phenoxy) is 1. The molecule has 0 aliphatic carbocycles. The molecule has 9 heteroatoms. The summed E-state index contributed by atoms with van der Waals surface area (Å²) in [5, 5.41) is 0.723. The van der Waals surface area contributed by atoms with Crippen LogP contribution in [0.25, 0.3) is 10.2 Å². The van der Waals surface area contributed by atoms with Crippen LogP contribution in [0.4, 0.5) is 24.0 Å². The summed E-state index contributed by atoms with van der Waals surface area (Å²) in [5.74, 6) is 0.683. The molecule has 156 valence electrons. The van der Waals surface area contributed by atoms with Crippen LogP contribution in [0.15, 0.2) is 67.0 Å². The van der Waals surface area contributed by atoms with Crippen molar-refractivity contribution >= 4 is 44.8 Å². The molecule has 2 heterocycles. The zero-order valence-corrected chi connectivity index (χ0v) is 17.4. The number of alkyl halides is 3. The number of rotatable bonds is 5. The van der Waals surface area contributed by atoms with Crippen molar-refractivity contribution in [2.24, 2.45) is 0 Å². The Morgan fingerprint density at radius 1 is 1.07 bits per heavy atom. The van der Waals surface area contributed by atoms with Crippen LogP contribution in [0, 0.1) is 0 Å². The Bertz CT molecular complexity index is 1100. The molecule has 0 aliphatic heterocycles. The summed E-state index contributed by atoms with van der Waals surface area (Å²) in [6.45, 7) is 0.360. The first-order chi connectivity index (χ1) is 13.9. The van der Waals surface area contributed by atoms with Gasteiger partial charge in [-0.15, -0.1) is 12.4 Å². The van der Waals surface area contributed by atoms with Crippen LogP contribution < -0.4 is 9.64 Å². The average molecular weight is 452 g/mol. The smallest absolute Gasteiger partial charge is 0.416 e. The van der Waals surface area contributed by atoms with Gasteiger partial charge in [0.05, 0.1) is 30.1 Å². The first kappa shape index (κ1) is 21.9. The fourth-order valence-corrected chi connectivity index (χ4v) is 3.87. The molecule has 2 aromatic carbocycles. The van der Waals surface area contributed by atoms with Crippen molar-refractivity contribution in [3.63, 3.8) is 0 Å². The van der Waals surface area contributed by atoms with Crippen LogP contribution in [0.2, 0.25) is 0 Å². The lowest BCUT2D eigenvalue weighted by Crippen LogP contribution is -2.16. The normalized spacial score (nSPS) is 11.2. The Balaban J connectivity index is 0.00000256. The van der Waals surface area contributed by atoms with Crippen molar-refractivity contribution in [3.8, 4) is 5.75 Å². The van der Waals surface area contributed by atoms with Gasteiger partial charge in [-0.05, 0) is 35.9 Å². The minimum absolute atomic E-state index is 0. The molecule has 0 radical (unpaired) electrons. The number of nitrogens with zero attached hydrogens (tertiary/aromatic N) is 3. The first-order valence-electron chi connectivity index (χ1n) is 8.72. The molecular formula is C21H17ClF3N3OS. The van der Waals surface area contributed by atoms with E-state index < -0.39 is 11.7 Å². The molecule has 0 aliphatic rings. The van der Waals surface area contributed by atoms with Gasteiger partial charge in [-0.3, -0.25) is 4.98 Å². The number of anilines is 2. The summed E-state index contributed by atoms with van der Waals surface area (Å²) in [5.41, 5.74) is 1.67. The molecule has 0 unspecified atom stereocenters. The average Bonchev–Trinajstić information content (AvgIpc) is 3.15. The van der Waals surface area contributed by atoms with Crippen LogP contribution in [0.3, 0.4) is 0 Å². The lowest BCUT2D eigenvalue weighted by Gasteiger charge is -2.23. The van der Waals surface area contributed by atoms with Gasteiger partial charge in [0.2, 0.25) is 0 Å². The number of thiazole rings is 1. The molecule has 4 nitrogen and oxygen atoms in total.